The van der Waals surface area contributed by atoms with E-state index in [0.717, 1.165) is 0 Å². The molecule has 1 fully saturated rings. The number of fused-ring (bicyclic) bond motifs is 3. The summed E-state index contributed by atoms with van der Waals surface area (Å²) in [6, 6.07) is 14.3. The number of aliphatic hydroxyl groups is 1. The van der Waals surface area contributed by atoms with E-state index in [4.69, 9.17) is 23.7 Å². The Kier molecular flexibility index (Phi) is 14.9. The number of phenolic OH excluding ortho intramolecular Hbond substituents is 1. The quantitative estimate of drug-likeness (QED) is 0.187. The Bertz CT molecular complexity index is 2590. The molecule has 0 aromatic heterocycles. The second-order valence-corrected chi connectivity index (χ2v) is 17.5. The SMILES string of the molecule is COc1ccc(C[C@H]2C(=O)N[C@@H](C)C(=O)N(C)[C@H]3Cc4ccc(cc4)Oc4cc(cc5c4O[C@H](CO)[C@@H](c4ccc(O)c(OC)c4)O5)C[C@@H](C(=O)N[C@H](C)C(=O)N[C@@H](C)C(=O)N2C)N(C)C3=O)cc1. The van der Waals surface area contributed by atoms with Crippen LogP contribution in [0, 0.1) is 0 Å². The van der Waals surface area contributed by atoms with Crippen LogP contribution in [0.2, 0.25) is 0 Å². The van der Waals surface area contributed by atoms with Crippen molar-refractivity contribution in [1.82, 2.24) is 30.7 Å². The Morgan fingerprint density at radius 2 is 1.25 bits per heavy atom. The monoisotopic (exact) mass is 950 g/mol. The van der Waals surface area contributed by atoms with Crippen molar-refractivity contribution in [3.63, 3.8) is 0 Å². The van der Waals surface area contributed by atoms with Crippen LogP contribution in [0.5, 0.6) is 40.2 Å². The first-order valence-corrected chi connectivity index (χ1v) is 22.5. The maximum atomic E-state index is 15.1. The molecule has 69 heavy (non-hydrogen) atoms. The number of likely N-dealkylation sites (N-methyl/N-ethyl adjacent to an activating group) is 3. The first-order valence-electron chi connectivity index (χ1n) is 22.5. The summed E-state index contributed by atoms with van der Waals surface area (Å²) in [6.45, 7) is 3.90. The van der Waals surface area contributed by atoms with Gasteiger partial charge in [-0.25, -0.2) is 0 Å². The van der Waals surface area contributed by atoms with Crippen LogP contribution < -0.4 is 39.6 Å². The van der Waals surface area contributed by atoms with Crippen LogP contribution in [-0.4, -0.2) is 145 Å². The lowest BCUT2D eigenvalue weighted by Crippen LogP contribution is -2.61. The molecule has 0 radical (unpaired) electrons. The number of carbonyl (C=O) groups is 6. The summed E-state index contributed by atoms with van der Waals surface area (Å²) in [4.78, 5) is 89.8. The van der Waals surface area contributed by atoms with Gasteiger partial charge in [0.1, 0.15) is 47.8 Å². The molecule has 6 bridgehead atoms. The number of ether oxygens (including phenoxy) is 5. The molecule has 6 amide bonds. The molecule has 0 aliphatic carbocycles. The molecule has 4 aromatic rings. The van der Waals surface area contributed by atoms with Gasteiger partial charge in [0.15, 0.2) is 35.2 Å². The van der Waals surface area contributed by atoms with Crippen molar-refractivity contribution in [1.29, 1.82) is 0 Å². The minimum absolute atomic E-state index is 0.0199. The average molecular weight is 951 g/mol. The molecule has 5 N–H and O–H groups in total. The van der Waals surface area contributed by atoms with Gasteiger partial charge >= 0.3 is 0 Å². The average Bonchev–Trinajstić information content (AvgIpc) is 3.34. The van der Waals surface area contributed by atoms with E-state index in [2.05, 4.69) is 16.0 Å². The van der Waals surface area contributed by atoms with Crippen molar-refractivity contribution in [2.75, 3.05) is 42.0 Å². The zero-order valence-electron chi connectivity index (χ0n) is 39.7. The van der Waals surface area contributed by atoms with Gasteiger partial charge in [0.25, 0.3) is 0 Å². The maximum absolute atomic E-state index is 15.1. The highest BCUT2D eigenvalue weighted by Crippen LogP contribution is 2.48. The fourth-order valence-electron chi connectivity index (χ4n) is 8.65. The molecule has 4 heterocycles. The number of rotatable bonds is 6. The number of hydrogen-bond acceptors (Lipinski definition) is 13. The Morgan fingerprint density at radius 1 is 0.638 bits per heavy atom. The minimum Gasteiger partial charge on any atom is -0.504 e. The Hall–Kier alpha value is -7.54. The van der Waals surface area contributed by atoms with Crippen LogP contribution in [0.4, 0.5) is 0 Å². The summed E-state index contributed by atoms with van der Waals surface area (Å²) in [5, 5.41) is 29.0. The number of nitrogens with one attached hydrogen (secondary N) is 3. The van der Waals surface area contributed by atoms with Gasteiger partial charge in [0.05, 0.1) is 20.8 Å². The van der Waals surface area contributed by atoms with Gasteiger partial charge in [-0.3, -0.25) is 28.8 Å². The molecule has 4 aromatic carbocycles. The molecule has 0 unspecified atom stereocenters. The fraction of sp³-hybridized carbons (Fsp3) is 0.400. The van der Waals surface area contributed by atoms with Crippen molar-refractivity contribution < 1.29 is 62.7 Å². The molecule has 19 nitrogen and oxygen atoms in total. The Balaban J connectivity index is 1.29. The summed E-state index contributed by atoms with van der Waals surface area (Å²) in [5.41, 5.74) is 2.24. The first-order chi connectivity index (χ1) is 32.9. The first kappa shape index (κ1) is 49.4. The van der Waals surface area contributed by atoms with E-state index in [9.17, 15) is 34.2 Å². The predicted octanol–water partition coefficient (Wildman–Crippen LogP) is 2.43. The van der Waals surface area contributed by atoms with Crippen molar-refractivity contribution in [2.45, 2.75) is 88.5 Å². The summed E-state index contributed by atoms with van der Waals surface area (Å²) < 4.78 is 30.0. The predicted molar refractivity (Wildman–Crippen MR) is 249 cm³/mol. The number of carbonyl (C=O) groups excluding carboxylic acids is 6. The highest BCUT2D eigenvalue weighted by atomic mass is 16.6. The highest BCUT2D eigenvalue weighted by Gasteiger charge is 2.41. The summed E-state index contributed by atoms with van der Waals surface area (Å²) >= 11 is 0. The number of hydrogen-bond donors (Lipinski definition) is 5. The topological polar surface area (TPSA) is 235 Å². The number of phenols is 1. The van der Waals surface area contributed by atoms with Crippen molar-refractivity contribution >= 4 is 35.4 Å². The molecule has 8 atom stereocenters. The third-order valence-corrected chi connectivity index (χ3v) is 12.8. The molecule has 19 heteroatoms. The molecule has 8 rings (SSSR count). The van der Waals surface area contributed by atoms with Crippen LogP contribution >= 0.6 is 0 Å². The molecule has 4 aliphatic rings. The van der Waals surface area contributed by atoms with Gasteiger partial charge in [-0.05, 0) is 86.0 Å². The number of nitrogens with zero attached hydrogens (tertiary/aromatic N) is 3. The van der Waals surface area contributed by atoms with Crippen molar-refractivity contribution in [3.8, 4) is 40.2 Å². The molecule has 0 saturated carbocycles. The lowest BCUT2D eigenvalue weighted by Gasteiger charge is -2.37. The Labute approximate surface area is 399 Å². The molecule has 366 valence electrons. The van der Waals surface area contributed by atoms with E-state index in [-0.39, 0.29) is 48.0 Å². The van der Waals surface area contributed by atoms with Crippen molar-refractivity contribution in [3.05, 3.63) is 101 Å². The van der Waals surface area contributed by atoms with E-state index < -0.39 is 90.5 Å². The number of aliphatic hydroxyl groups excluding tert-OH is 1. The van der Waals surface area contributed by atoms with Crippen LogP contribution in [0.3, 0.4) is 0 Å². The number of amides is 6. The smallest absolute Gasteiger partial charge is 0.246 e. The second kappa shape index (κ2) is 20.8. The standard InChI is InChI=1S/C50H58N6O13/c1-26-45(59)52-27(2)48(62)54(4)35(19-29-9-14-33(65-7)15-10-29)47(61)53-28(3)49(63)56(6)37-20-30-11-16-34(17-12-30)67-40-22-31(21-36(46(60)51-26)55(5)50(37)64)23-41-44(40)69-42(25-57)43(68-41)32-13-18-38(58)39(24-32)66-8/h9-18,22-24,26-28,35-37,42-43,57-58H,19-21,25H2,1-8H3,(H,51,60)(H,52,59)(H,53,61)/t26-,27+,28+,35+,36+,37+,42-,43-/m1/s1. The lowest BCUT2D eigenvalue weighted by molar-refractivity contribution is -0.149. The van der Waals surface area contributed by atoms with E-state index in [1.54, 1.807) is 72.8 Å². The number of benzene rings is 4. The van der Waals surface area contributed by atoms with Gasteiger partial charge < -0.3 is 64.5 Å². The van der Waals surface area contributed by atoms with Gasteiger partial charge in [0, 0.05) is 46.0 Å². The fourth-order valence-corrected chi connectivity index (χ4v) is 8.65. The van der Waals surface area contributed by atoms with Crippen LogP contribution in [0.1, 0.15) is 49.1 Å². The van der Waals surface area contributed by atoms with E-state index >= 15 is 4.79 Å². The third-order valence-electron chi connectivity index (χ3n) is 12.8. The summed E-state index contributed by atoms with van der Waals surface area (Å²) in [5.74, 6) is -2.45. The van der Waals surface area contributed by atoms with Crippen LogP contribution in [0.15, 0.2) is 78.9 Å². The van der Waals surface area contributed by atoms with E-state index in [1.807, 2.05) is 0 Å². The minimum atomic E-state index is -1.33. The lowest BCUT2D eigenvalue weighted by atomic mass is 9.98. The number of aromatic hydroxyl groups is 1. The zero-order chi connectivity index (χ0) is 49.8. The zero-order valence-corrected chi connectivity index (χ0v) is 39.7. The molecule has 0 spiro atoms. The number of methoxy groups -OCH3 is 2. The Morgan fingerprint density at radius 3 is 1.90 bits per heavy atom. The van der Waals surface area contributed by atoms with E-state index in [0.29, 0.717) is 33.8 Å². The summed E-state index contributed by atoms with van der Waals surface area (Å²) in [6.07, 6.45) is -2.02. The summed E-state index contributed by atoms with van der Waals surface area (Å²) in [7, 11) is 7.23. The van der Waals surface area contributed by atoms with Gasteiger partial charge in [0.2, 0.25) is 41.2 Å². The maximum Gasteiger partial charge on any atom is 0.246 e. The van der Waals surface area contributed by atoms with Crippen molar-refractivity contribution in [2.24, 2.45) is 0 Å². The van der Waals surface area contributed by atoms with Gasteiger partial charge in [-0.15, -0.1) is 0 Å². The second-order valence-electron chi connectivity index (χ2n) is 17.5. The van der Waals surface area contributed by atoms with Gasteiger partial charge in [-0.2, -0.15) is 0 Å². The molecule has 1 saturated heterocycles. The van der Waals surface area contributed by atoms with Crippen LogP contribution in [0.25, 0.3) is 0 Å². The van der Waals surface area contributed by atoms with Crippen LogP contribution in [-0.2, 0) is 48.0 Å². The largest absolute Gasteiger partial charge is 0.504 e. The third kappa shape index (κ3) is 10.6. The normalized spacial score (nSPS) is 24.9. The molecule has 4 aliphatic heterocycles. The molecular formula is C50H58N6O13. The molecular weight excluding hydrogens is 893 g/mol. The highest BCUT2D eigenvalue weighted by molar-refractivity contribution is 5.98. The van der Waals surface area contributed by atoms with Gasteiger partial charge in [-0.1, -0.05) is 30.3 Å². The van der Waals surface area contributed by atoms with E-state index in [1.165, 1.54) is 76.9 Å².